The van der Waals surface area contributed by atoms with Crippen molar-refractivity contribution in [3.8, 4) is 0 Å². The summed E-state index contributed by atoms with van der Waals surface area (Å²) in [5, 5.41) is 8.37. The smallest absolute Gasteiger partial charge is 0.0860 e. The van der Waals surface area contributed by atoms with Gasteiger partial charge in [0.25, 0.3) is 0 Å². The summed E-state index contributed by atoms with van der Waals surface area (Å²) in [6.45, 7) is 10.3. The SMILES string of the molecule is CCOC(C)(C)CNCc1c(Cl)c(C)nn1C. The van der Waals surface area contributed by atoms with Crippen molar-refractivity contribution < 1.29 is 4.74 Å². The first kappa shape index (κ1) is 14.5. The molecule has 1 aromatic rings. The molecule has 1 N–H and O–H groups in total. The Balaban J connectivity index is 2.51. The number of ether oxygens (including phenoxy) is 1. The van der Waals surface area contributed by atoms with Gasteiger partial charge < -0.3 is 10.1 Å². The van der Waals surface area contributed by atoms with E-state index >= 15 is 0 Å². The van der Waals surface area contributed by atoms with Gasteiger partial charge in [-0.1, -0.05) is 11.6 Å². The predicted octanol–water partition coefficient (Wildman–Crippen LogP) is 2.29. The zero-order chi connectivity index (χ0) is 13.1. The topological polar surface area (TPSA) is 39.1 Å². The molecule has 0 fully saturated rings. The molecule has 17 heavy (non-hydrogen) atoms. The summed E-state index contributed by atoms with van der Waals surface area (Å²) in [7, 11) is 1.91. The first-order chi connectivity index (χ1) is 7.87. The number of nitrogens with zero attached hydrogens (tertiary/aromatic N) is 2. The first-order valence-corrected chi connectivity index (χ1v) is 6.28. The molecule has 0 unspecified atom stereocenters. The number of nitrogens with one attached hydrogen (secondary N) is 1. The van der Waals surface area contributed by atoms with Crippen LogP contribution in [0.15, 0.2) is 0 Å². The zero-order valence-corrected chi connectivity index (χ0v) is 12.1. The Morgan fingerprint density at radius 1 is 1.47 bits per heavy atom. The number of aryl methyl sites for hydroxylation is 2. The van der Waals surface area contributed by atoms with Gasteiger partial charge in [0.05, 0.1) is 22.0 Å². The van der Waals surface area contributed by atoms with Gasteiger partial charge in [-0.05, 0) is 27.7 Å². The Bertz CT molecular complexity index is 374. The largest absolute Gasteiger partial charge is 0.375 e. The van der Waals surface area contributed by atoms with E-state index in [2.05, 4.69) is 24.3 Å². The zero-order valence-electron chi connectivity index (χ0n) is 11.3. The third kappa shape index (κ3) is 3.98. The van der Waals surface area contributed by atoms with Gasteiger partial charge in [-0.15, -0.1) is 0 Å². The molecule has 0 aromatic carbocycles. The average molecular weight is 260 g/mol. The van der Waals surface area contributed by atoms with Crippen molar-refractivity contribution >= 4 is 11.6 Å². The molecule has 1 aromatic heterocycles. The van der Waals surface area contributed by atoms with Crippen LogP contribution in [0.5, 0.6) is 0 Å². The van der Waals surface area contributed by atoms with Gasteiger partial charge in [0, 0.05) is 26.7 Å². The summed E-state index contributed by atoms with van der Waals surface area (Å²) in [5.41, 5.74) is 1.72. The van der Waals surface area contributed by atoms with Gasteiger partial charge >= 0.3 is 0 Å². The molecule has 0 atom stereocenters. The van der Waals surface area contributed by atoms with Crippen LogP contribution in [0, 0.1) is 6.92 Å². The average Bonchev–Trinajstić information content (AvgIpc) is 2.44. The van der Waals surface area contributed by atoms with E-state index in [1.54, 1.807) is 0 Å². The Hall–Kier alpha value is -0.580. The van der Waals surface area contributed by atoms with E-state index in [1.165, 1.54) is 0 Å². The Morgan fingerprint density at radius 2 is 2.12 bits per heavy atom. The molecule has 1 heterocycles. The molecule has 0 saturated carbocycles. The summed E-state index contributed by atoms with van der Waals surface area (Å²) in [4.78, 5) is 0. The second-order valence-corrected chi connectivity index (χ2v) is 5.14. The summed E-state index contributed by atoms with van der Waals surface area (Å²) in [5.74, 6) is 0. The van der Waals surface area contributed by atoms with E-state index in [4.69, 9.17) is 16.3 Å². The van der Waals surface area contributed by atoms with Crippen LogP contribution in [-0.2, 0) is 18.3 Å². The quantitative estimate of drug-likeness (QED) is 0.852. The van der Waals surface area contributed by atoms with Crippen LogP contribution >= 0.6 is 11.6 Å². The molecular weight excluding hydrogens is 238 g/mol. The molecule has 98 valence electrons. The van der Waals surface area contributed by atoms with Crippen LogP contribution in [0.4, 0.5) is 0 Å². The van der Waals surface area contributed by atoms with Crippen LogP contribution < -0.4 is 5.32 Å². The molecule has 0 amide bonds. The van der Waals surface area contributed by atoms with Crippen molar-refractivity contribution in [1.82, 2.24) is 15.1 Å². The maximum atomic E-state index is 6.17. The van der Waals surface area contributed by atoms with Crippen molar-refractivity contribution in [2.45, 2.75) is 39.8 Å². The number of hydrogen-bond donors (Lipinski definition) is 1. The van der Waals surface area contributed by atoms with Crippen LogP contribution in [0.1, 0.15) is 32.2 Å². The van der Waals surface area contributed by atoms with Crippen molar-refractivity contribution in [3.63, 3.8) is 0 Å². The molecule has 0 aliphatic rings. The van der Waals surface area contributed by atoms with Gasteiger partial charge in [-0.25, -0.2) is 0 Å². The molecule has 0 aliphatic carbocycles. The van der Waals surface area contributed by atoms with Gasteiger partial charge in [0.2, 0.25) is 0 Å². The van der Waals surface area contributed by atoms with Gasteiger partial charge in [-0.3, -0.25) is 4.68 Å². The third-order valence-electron chi connectivity index (χ3n) is 2.64. The van der Waals surface area contributed by atoms with E-state index in [1.807, 2.05) is 25.6 Å². The van der Waals surface area contributed by atoms with E-state index in [0.29, 0.717) is 6.54 Å². The van der Waals surface area contributed by atoms with Crippen molar-refractivity contribution in [1.29, 1.82) is 0 Å². The molecule has 0 saturated heterocycles. The van der Waals surface area contributed by atoms with E-state index in [-0.39, 0.29) is 5.60 Å². The summed E-state index contributed by atoms with van der Waals surface area (Å²) in [6.07, 6.45) is 0. The number of hydrogen-bond acceptors (Lipinski definition) is 3. The highest BCUT2D eigenvalue weighted by molar-refractivity contribution is 6.31. The monoisotopic (exact) mass is 259 g/mol. The highest BCUT2D eigenvalue weighted by atomic mass is 35.5. The molecule has 4 nitrogen and oxygen atoms in total. The number of halogens is 1. The molecule has 0 radical (unpaired) electrons. The molecular formula is C12H22ClN3O. The summed E-state index contributed by atoms with van der Waals surface area (Å²) >= 11 is 6.17. The highest BCUT2D eigenvalue weighted by Gasteiger charge is 2.18. The van der Waals surface area contributed by atoms with Crippen molar-refractivity contribution in [3.05, 3.63) is 16.4 Å². The lowest BCUT2D eigenvalue weighted by Gasteiger charge is -2.25. The second kappa shape index (κ2) is 5.85. The summed E-state index contributed by atoms with van der Waals surface area (Å²) < 4.78 is 7.43. The first-order valence-electron chi connectivity index (χ1n) is 5.90. The van der Waals surface area contributed by atoms with Gasteiger partial charge in [0.1, 0.15) is 0 Å². The molecule has 0 spiro atoms. The van der Waals surface area contributed by atoms with Crippen molar-refractivity contribution in [2.75, 3.05) is 13.2 Å². The van der Waals surface area contributed by atoms with E-state index in [9.17, 15) is 0 Å². The lowest BCUT2D eigenvalue weighted by molar-refractivity contribution is -0.00906. The van der Waals surface area contributed by atoms with E-state index in [0.717, 1.165) is 29.6 Å². The molecule has 0 aliphatic heterocycles. The minimum Gasteiger partial charge on any atom is -0.375 e. The fraction of sp³-hybridized carbons (Fsp3) is 0.750. The maximum absolute atomic E-state index is 6.17. The maximum Gasteiger partial charge on any atom is 0.0860 e. The molecule has 1 rings (SSSR count). The molecule has 0 bridgehead atoms. The van der Waals surface area contributed by atoms with Crippen LogP contribution in [0.25, 0.3) is 0 Å². The second-order valence-electron chi connectivity index (χ2n) is 4.77. The minimum atomic E-state index is -0.158. The minimum absolute atomic E-state index is 0.158. The lowest BCUT2D eigenvalue weighted by atomic mass is 10.1. The molecule has 5 heteroatoms. The van der Waals surface area contributed by atoms with Crippen LogP contribution in [0.3, 0.4) is 0 Å². The standard InChI is InChI=1S/C12H22ClN3O/c1-6-17-12(3,4)8-14-7-10-11(13)9(2)15-16(10)5/h14H,6-8H2,1-5H3. The number of aromatic nitrogens is 2. The van der Waals surface area contributed by atoms with Crippen molar-refractivity contribution in [2.24, 2.45) is 7.05 Å². The fourth-order valence-corrected chi connectivity index (χ4v) is 2.02. The third-order valence-corrected chi connectivity index (χ3v) is 3.13. The highest BCUT2D eigenvalue weighted by Crippen LogP contribution is 2.19. The summed E-state index contributed by atoms with van der Waals surface area (Å²) in [6, 6.07) is 0. The van der Waals surface area contributed by atoms with Gasteiger partial charge in [-0.2, -0.15) is 5.10 Å². The Labute approximate surface area is 108 Å². The van der Waals surface area contributed by atoms with Crippen LogP contribution in [0.2, 0.25) is 5.02 Å². The lowest BCUT2D eigenvalue weighted by Crippen LogP contribution is -2.37. The van der Waals surface area contributed by atoms with E-state index < -0.39 is 0 Å². The van der Waals surface area contributed by atoms with Gasteiger partial charge in [0.15, 0.2) is 0 Å². The predicted molar refractivity (Wildman–Crippen MR) is 70.4 cm³/mol. The fourth-order valence-electron chi connectivity index (χ4n) is 1.80. The Kier molecular flexibility index (Phi) is 4.98. The van der Waals surface area contributed by atoms with Crippen LogP contribution in [-0.4, -0.2) is 28.5 Å². The Morgan fingerprint density at radius 3 is 2.59 bits per heavy atom. The number of rotatable bonds is 6. The normalized spacial score (nSPS) is 12.1.